The lowest BCUT2D eigenvalue weighted by molar-refractivity contribution is -0.133. The number of aromatic nitrogens is 5. The average molecular weight is 378 g/mol. The quantitative estimate of drug-likeness (QED) is 0.749. The van der Waals surface area contributed by atoms with E-state index in [1.807, 2.05) is 41.9 Å². The van der Waals surface area contributed by atoms with Crippen LogP contribution in [0.25, 0.3) is 11.4 Å². The second-order valence-corrected chi connectivity index (χ2v) is 7.04. The van der Waals surface area contributed by atoms with E-state index in [0.29, 0.717) is 36.0 Å². The molecule has 0 spiro atoms. The van der Waals surface area contributed by atoms with Crippen molar-refractivity contribution >= 4 is 5.91 Å². The van der Waals surface area contributed by atoms with E-state index in [1.54, 1.807) is 18.7 Å². The zero-order chi connectivity index (χ0) is 19.8. The molecule has 1 aliphatic heterocycles. The molecule has 0 bridgehead atoms. The van der Waals surface area contributed by atoms with Gasteiger partial charge in [-0.05, 0) is 20.8 Å². The molecule has 28 heavy (non-hydrogen) atoms. The molecule has 2 aromatic heterocycles. The Hall–Kier alpha value is -3.29. The number of hydrogen-bond acceptors (Lipinski definition) is 5. The highest BCUT2D eigenvalue weighted by molar-refractivity contribution is 5.79. The summed E-state index contributed by atoms with van der Waals surface area (Å²) in [5.41, 5.74) is 1.70. The van der Waals surface area contributed by atoms with Crippen molar-refractivity contribution in [2.24, 2.45) is 0 Å². The number of aromatic amines is 1. The molecular formula is C20H22N6O2. The number of benzene rings is 1. The number of aryl methyl sites for hydroxylation is 2. The molecule has 3 aromatic rings. The third kappa shape index (κ3) is 3.21. The summed E-state index contributed by atoms with van der Waals surface area (Å²) in [7, 11) is 0. The molecular weight excluding hydrogens is 356 g/mol. The number of H-pyrrole nitrogens is 1. The summed E-state index contributed by atoms with van der Waals surface area (Å²) in [4.78, 5) is 38.5. The van der Waals surface area contributed by atoms with Gasteiger partial charge in [-0.15, -0.1) is 0 Å². The predicted molar refractivity (Wildman–Crippen MR) is 104 cm³/mol. The van der Waals surface area contributed by atoms with Crippen molar-refractivity contribution in [3.8, 4) is 11.4 Å². The third-order valence-electron chi connectivity index (χ3n) is 5.12. The van der Waals surface area contributed by atoms with Crippen molar-refractivity contribution < 1.29 is 4.79 Å². The minimum Gasteiger partial charge on any atom is -0.331 e. The number of rotatable bonds is 3. The van der Waals surface area contributed by atoms with Crippen LogP contribution in [-0.4, -0.2) is 42.1 Å². The number of amides is 1. The lowest BCUT2D eigenvalue weighted by Crippen LogP contribution is -2.43. The van der Waals surface area contributed by atoms with Crippen LogP contribution >= 0.6 is 0 Å². The largest absolute Gasteiger partial charge is 0.331 e. The highest BCUT2D eigenvalue weighted by Crippen LogP contribution is 2.26. The Kier molecular flexibility index (Phi) is 4.54. The number of carbonyl (C=O) groups is 1. The van der Waals surface area contributed by atoms with Crippen LogP contribution in [0.3, 0.4) is 0 Å². The summed E-state index contributed by atoms with van der Waals surface area (Å²) in [6, 6.07) is 9.56. The van der Waals surface area contributed by atoms with Gasteiger partial charge in [0.2, 0.25) is 5.91 Å². The first kappa shape index (κ1) is 18.1. The molecule has 144 valence electrons. The Morgan fingerprint density at radius 1 is 1.18 bits per heavy atom. The molecule has 1 N–H and O–H groups in total. The van der Waals surface area contributed by atoms with E-state index in [2.05, 4.69) is 20.1 Å². The first-order chi connectivity index (χ1) is 13.4. The van der Waals surface area contributed by atoms with E-state index < -0.39 is 0 Å². The minimum atomic E-state index is -0.252. The fraction of sp³-hybridized carbons (Fsp3) is 0.350. The molecule has 0 saturated heterocycles. The Morgan fingerprint density at radius 3 is 2.64 bits per heavy atom. The third-order valence-corrected chi connectivity index (χ3v) is 5.12. The average Bonchev–Trinajstić information content (AvgIpc) is 3.11. The second kappa shape index (κ2) is 7.03. The van der Waals surface area contributed by atoms with Gasteiger partial charge in [0, 0.05) is 23.4 Å². The van der Waals surface area contributed by atoms with Crippen molar-refractivity contribution in [3.63, 3.8) is 0 Å². The van der Waals surface area contributed by atoms with Gasteiger partial charge < -0.3 is 9.88 Å². The second-order valence-electron chi connectivity index (χ2n) is 7.04. The number of hydrogen-bond donors (Lipinski definition) is 1. The molecule has 1 aromatic carbocycles. The van der Waals surface area contributed by atoms with Gasteiger partial charge >= 0.3 is 0 Å². The molecule has 3 heterocycles. The van der Waals surface area contributed by atoms with Crippen molar-refractivity contribution in [3.05, 3.63) is 63.6 Å². The normalized spacial score (nSPS) is 16.1. The van der Waals surface area contributed by atoms with Crippen LogP contribution in [0.15, 0.2) is 35.1 Å². The van der Waals surface area contributed by atoms with Gasteiger partial charge in [0.1, 0.15) is 11.6 Å². The fourth-order valence-electron chi connectivity index (χ4n) is 3.63. The molecule has 0 unspecified atom stereocenters. The first-order valence-corrected chi connectivity index (χ1v) is 9.30. The van der Waals surface area contributed by atoms with Crippen LogP contribution in [0, 0.1) is 13.8 Å². The van der Waals surface area contributed by atoms with Gasteiger partial charge in [-0.1, -0.05) is 30.3 Å². The molecule has 4 rings (SSSR count). The number of fused-ring (bicyclic) bond motifs is 1. The number of nitrogens with one attached hydrogen (secondary N) is 1. The Balaban J connectivity index is 1.58. The maximum atomic E-state index is 12.9. The SMILES string of the molecule is Cc1nc(C)c(CC(=O)N2CCn3nc(-c4ccccc4)nc3[C@@H]2C)c(=O)[nH]1. The van der Waals surface area contributed by atoms with E-state index in [-0.39, 0.29) is 23.9 Å². The number of nitrogens with zero attached hydrogens (tertiary/aromatic N) is 5. The molecule has 8 nitrogen and oxygen atoms in total. The van der Waals surface area contributed by atoms with Crippen LogP contribution in [0.4, 0.5) is 0 Å². The maximum Gasteiger partial charge on any atom is 0.254 e. The molecule has 0 fully saturated rings. The van der Waals surface area contributed by atoms with Crippen molar-refractivity contribution in [2.75, 3.05) is 6.54 Å². The fourth-order valence-corrected chi connectivity index (χ4v) is 3.63. The topological polar surface area (TPSA) is 96.8 Å². The first-order valence-electron chi connectivity index (χ1n) is 9.30. The Bertz CT molecular complexity index is 1090. The van der Waals surface area contributed by atoms with Gasteiger partial charge in [-0.2, -0.15) is 5.10 Å². The highest BCUT2D eigenvalue weighted by Gasteiger charge is 2.31. The van der Waals surface area contributed by atoms with E-state index in [9.17, 15) is 9.59 Å². The Morgan fingerprint density at radius 2 is 1.93 bits per heavy atom. The summed E-state index contributed by atoms with van der Waals surface area (Å²) in [6.45, 7) is 6.53. The summed E-state index contributed by atoms with van der Waals surface area (Å²) in [5.74, 6) is 1.85. The minimum absolute atomic E-state index is 0.0263. The summed E-state index contributed by atoms with van der Waals surface area (Å²) < 4.78 is 1.86. The van der Waals surface area contributed by atoms with E-state index >= 15 is 0 Å². The zero-order valence-corrected chi connectivity index (χ0v) is 16.1. The van der Waals surface area contributed by atoms with Crippen LogP contribution in [0.1, 0.15) is 35.9 Å². The smallest absolute Gasteiger partial charge is 0.254 e. The summed E-state index contributed by atoms with van der Waals surface area (Å²) >= 11 is 0. The van der Waals surface area contributed by atoms with Gasteiger partial charge in [-0.3, -0.25) is 9.59 Å². The summed E-state index contributed by atoms with van der Waals surface area (Å²) in [6.07, 6.45) is 0.0263. The number of carbonyl (C=O) groups excluding carboxylic acids is 1. The molecule has 0 aliphatic carbocycles. The van der Waals surface area contributed by atoms with Crippen LogP contribution in [0.2, 0.25) is 0 Å². The standard InChI is InChI=1S/C20H22N6O2/c1-12-16(20(28)22-14(3)21-12)11-17(27)25-9-10-26-19(13(25)2)23-18(24-26)15-7-5-4-6-8-15/h4-8,13H,9-11H2,1-3H3,(H,21,22,28)/t13-/m0/s1. The molecule has 1 amide bonds. The van der Waals surface area contributed by atoms with Crippen LogP contribution < -0.4 is 5.56 Å². The molecule has 0 radical (unpaired) electrons. The highest BCUT2D eigenvalue weighted by atomic mass is 16.2. The molecule has 0 saturated carbocycles. The van der Waals surface area contributed by atoms with Gasteiger partial charge in [-0.25, -0.2) is 14.6 Å². The van der Waals surface area contributed by atoms with Crippen molar-refractivity contribution in [1.29, 1.82) is 0 Å². The molecule has 8 heteroatoms. The van der Waals surface area contributed by atoms with Crippen LogP contribution in [-0.2, 0) is 17.8 Å². The van der Waals surface area contributed by atoms with E-state index in [1.165, 1.54) is 0 Å². The zero-order valence-electron chi connectivity index (χ0n) is 16.1. The Labute approximate surface area is 162 Å². The van der Waals surface area contributed by atoms with Gasteiger partial charge in [0.15, 0.2) is 5.82 Å². The lowest BCUT2D eigenvalue weighted by Gasteiger charge is -2.33. The maximum absolute atomic E-state index is 12.9. The lowest BCUT2D eigenvalue weighted by atomic mass is 10.1. The van der Waals surface area contributed by atoms with Gasteiger partial charge in [0.05, 0.1) is 19.0 Å². The van der Waals surface area contributed by atoms with Crippen molar-refractivity contribution in [2.45, 2.75) is 39.8 Å². The van der Waals surface area contributed by atoms with Crippen molar-refractivity contribution in [1.82, 2.24) is 29.6 Å². The van der Waals surface area contributed by atoms with E-state index in [4.69, 9.17) is 0 Å². The molecule has 1 atom stereocenters. The summed E-state index contributed by atoms with van der Waals surface area (Å²) in [5, 5.41) is 4.59. The predicted octanol–water partition coefficient (Wildman–Crippen LogP) is 1.79. The monoisotopic (exact) mass is 378 g/mol. The van der Waals surface area contributed by atoms with Crippen LogP contribution in [0.5, 0.6) is 0 Å². The molecule has 1 aliphatic rings. The van der Waals surface area contributed by atoms with Gasteiger partial charge in [0.25, 0.3) is 5.56 Å². The van der Waals surface area contributed by atoms with E-state index in [0.717, 1.165) is 11.4 Å².